The molecular weight excluding hydrogens is 304 g/mol. The van der Waals surface area contributed by atoms with Gasteiger partial charge in [0, 0.05) is 12.2 Å². The number of rotatable bonds is 11. The van der Waals surface area contributed by atoms with Gasteiger partial charge in [-0.15, -0.1) is 0 Å². The van der Waals surface area contributed by atoms with E-state index in [-0.39, 0.29) is 6.10 Å². The van der Waals surface area contributed by atoms with E-state index in [0.29, 0.717) is 6.61 Å². The molecule has 0 bridgehead atoms. The zero-order chi connectivity index (χ0) is 17.5. The van der Waals surface area contributed by atoms with Crippen LogP contribution in [0.2, 0.25) is 0 Å². The minimum Gasteiger partial charge on any atom is -0.463 e. The summed E-state index contributed by atoms with van der Waals surface area (Å²) in [7, 11) is 0. The van der Waals surface area contributed by atoms with Crippen LogP contribution in [0.25, 0.3) is 0 Å². The van der Waals surface area contributed by atoms with Gasteiger partial charge in [0.25, 0.3) is 0 Å². The quantitative estimate of drug-likeness (QED) is 0.227. The molecule has 1 fully saturated rings. The maximum Gasteiger partial charge on any atom is 0.331 e. The second-order valence-corrected chi connectivity index (χ2v) is 6.67. The van der Waals surface area contributed by atoms with Crippen molar-refractivity contribution in [1.82, 2.24) is 0 Å². The normalized spacial score (nSPS) is 16.0. The van der Waals surface area contributed by atoms with Crippen molar-refractivity contribution in [2.45, 2.75) is 96.5 Å². The van der Waals surface area contributed by atoms with Crippen molar-refractivity contribution in [2.24, 2.45) is 0 Å². The Hall–Kier alpha value is -1.32. The van der Waals surface area contributed by atoms with Crippen LogP contribution in [-0.2, 0) is 19.1 Å². The van der Waals surface area contributed by atoms with Crippen molar-refractivity contribution in [3.8, 4) is 0 Å². The zero-order valence-electron chi connectivity index (χ0n) is 15.3. The Morgan fingerprint density at radius 1 is 0.833 bits per heavy atom. The van der Waals surface area contributed by atoms with Gasteiger partial charge in [-0.05, 0) is 32.1 Å². The van der Waals surface area contributed by atoms with Crippen LogP contribution in [0.4, 0.5) is 0 Å². The lowest BCUT2D eigenvalue weighted by molar-refractivity contribution is -0.144. The van der Waals surface area contributed by atoms with Gasteiger partial charge in [0.2, 0.25) is 0 Å². The van der Waals surface area contributed by atoms with Gasteiger partial charge < -0.3 is 9.47 Å². The van der Waals surface area contributed by atoms with E-state index in [1.165, 1.54) is 57.1 Å². The predicted octanol–water partition coefficient (Wildman–Crippen LogP) is 5.10. The van der Waals surface area contributed by atoms with Crippen molar-refractivity contribution in [3.63, 3.8) is 0 Å². The number of esters is 2. The highest BCUT2D eigenvalue weighted by atomic mass is 16.5. The van der Waals surface area contributed by atoms with Crippen LogP contribution in [0, 0.1) is 0 Å². The minimum absolute atomic E-state index is 0.00776. The molecule has 0 aromatic carbocycles. The van der Waals surface area contributed by atoms with Gasteiger partial charge in [-0.1, -0.05) is 58.3 Å². The number of carbonyl (C=O) groups excluding carboxylic acids is 2. The topological polar surface area (TPSA) is 52.6 Å². The molecule has 0 aromatic heterocycles. The van der Waals surface area contributed by atoms with Crippen LogP contribution in [0.3, 0.4) is 0 Å². The monoisotopic (exact) mass is 338 g/mol. The first-order chi connectivity index (χ1) is 11.7. The van der Waals surface area contributed by atoms with Gasteiger partial charge in [-0.3, -0.25) is 0 Å². The highest BCUT2D eigenvalue weighted by Gasteiger charge is 2.15. The number of hydrogen-bond acceptors (Lipinski definition) is 4. The van der Waals surface area contributed by atoms with Gasteiger partial charge in [0.1, 0.15) is 6.10 Å². The van der Waals surface area contributed by atoms with Crippen molar-refractivity contribution in [2.75, 3.05) is 6.61 Å². The van der Waals surface area contributed by atoms with Crippen molar-refractivity contribution in [1.29, 1.82) is 0 Å². The SMILES string of the molecule is CCCCCCCCCOC(=O)/C=C/C(=O)OC1CCCCCC1. The van der Waals surface area contributed by atoms with E-state index < -0.39 is 11.9 Å². The van der Waals surface area contributed by atoms with Crippen molar-refractivity contribution in [3.05, 3.63) is 12.2 Å². The van der Waals surface area contributed by atoms with Gasteiger partial charge in [0.15, 0.2) is 0 Å². The first-order valence-electron chi connectivity index (χ1n) is 9.78. The number of unbranched alkanes of at least 4 members (excludes halogenated alkanes) is 6. The minimum atomic E-state index is -0.459. The molecule has 0 aliphatic heterocycles. The molecule has 0 unspecified atom stereocenters. The summed E-state index contributed by atoms with van der Waals surface area (Å²) in [6.07, 6.45) is 17.2. The van der Waals surface area contributed by atoms with E-state index in [4.69, 9.17) is 9.47 Å². The number of carbonyl (C=O) groups is 2. The lowest BCUT2D eigenvalue weighted by atomic mass is 10.1. The third-order valence-electron chi connectivity index (χ3n) is 4.43. The van der Waals surface area contributed by atoms with E-state index >= 15 is 0 Å². The van der Waals surface area contributed by atoms with Crippen LogP contribution in [0.15, 0.2) is 12.2 Å². The van der Waals surface area contributed by atoms with Crippen LogP contribution < -0.4 is 0 Å². The summed E-state index contributed by atoms with van der Waals surface area (Å²) < 4.78 is 10.5. The fourth-order valence-corrected chi connectivity index (χ4v) is 2.98. The smallest absolute Gasteiger partial charge is 0.331 e. The summed E-state index contributed by atoms with van der Waals surface area (Å²) in [6, 6.07) is 0. The molecule has 0 radical (unpaired) electrons. The molecule has 0 saturated heterocycles. The summed E-state index contributed by atoms with van der Waals surface area (Å²) in [5, 5.41) is 0. The highest BCUT2D eigenvalue weighted by Crippen LogP contribution is 2.19. The summed E-state index contributed by atoms with van der Waals surface area (Å²) in [6.45, 7) is 2.63. The number of hydrogen-bond donors (Lipinski definition) is 0. The Morgan fingerprint density at radius 3 is 2.08 bits per heavy atom. The van der Waals surface area contributed by atoms with Gasteiger partial charge >= 0.3 is 11.9 Å². The third kappa shape index (κ3) is 11.3. The zero-order valence-corrected chi connectivity index (χ0v) is 15.3. The summed E-state index contributed by atoms with van der Waals surface area (Å²) in [5.74, 6) is -0.895. The van der Waals surface area contributed by atoms with Crippen molar-refractivity contribution >= 4 is 11.9 Å². The molecule has 1 rings (SSSR count). The second kappa shape index (κ2) is 14.1. The molecule has 1 aliphatic carbocycles. The Kier molecular flexibility index (Phi) is 12.1. The van der Waals surface area contributed by atoms with Crippen LogP contribution >= 0.6 is 0 Å². The molecule has 0 heterocycles. The summed E-state index contributed by atoms with van der Waals surface area (Å²) in [5.41, 5.74) is 0. The molecule has 4 heteroatoms. The average molecular weight is 338 g/mol. The number of ether oxygens (including phenoxy) is 2. The van der Waals surface area contributed by atoms with E-state index in [2.05, 4.69) is 6.92 Å². The van der Waals surface area contributed by atoms with Gasteiger partial charge in [0.05, 0.1) is 6.61 Å². The molecule has 0 amide bonds. The molecular formula is C20H34O4. The Morgan fingerprint density at radius 2 is 1.42 bits per heavy atom. The van der Waals surface area contributed by atoms with Gasteiger partial charge in [-0.2, -0.15) is 0 Å². The van der Waals surface area contributed by atoms with E-state index in [1.807, 2.05) is 0 Å². The molecule has 0 spiro atoms. The maximum atomic E-state index is 11.7. The molecule has 0 aromatic rings. The first-order valence-corrected chi connectivity index (χ1v) is 9.78. The standard InChI is InChI=1S/C20H34O4/c1-2-3-4-5-6-9-12-17-23-19(21)15-16-20(22)24-18-13-10-7-8-11-14-18/h15-16,18H,2-14,17H2,1H3/b16-15+. The average Bonchev–Trinajstić information content (AvgIpc) is 2.84. The lowest BCUT2D eigenvalue weighted by Gasteiger charge is -2.13. The second-order valence-electron chi connectivity index (χ2n) is 6.67. The largest absolute Gasteiger partial charge is 0.463 e. The Labute approximate surface area is 147 Å². The predicted molar refractivity (Wildman–Crippen MR) is 95.7 cm³/mol. The summed E-state index contributed by atoms with van der Waals surface area (Å²) >= 11 is 0. The summed E-state index contributed by atoms with van der Waals surface area (Å²) in [4.78, 5) is 23.3. The molecule has 0 N–H and O–H groups in total. The van der Waals surface area contributed by atoms with E-state index in [0.717, 1.165) is 38.5 Å². The molecule has 0 atom stereocenters. The van der Waals surface area contributed by atoms with Gasteiger partial charge in [-0.25, -0.2) is 9.59 Å². The van der Waals surface area contributed by atoms with E-state index in [9.17, 15) is 9.59 Å². The molecule has 24 heavy (non-hydrogen) atoms. The Bertz CT molecular complexity index is 368. The maximum absolute atomic E-state index is 11.7. The molecule has 4 nitrogen and oxygen atoms in total. The Balaban J connectivity index is 2.04. The first kappa shape index (κ1) is 20.7. The highest BCUT2D eigenvalue weighted by molar-refractivity contribution is 5.91. The third-order valence-corrected chi connectivity index (χ3v) is 4.43. The molecule has 1 saturated carbocycles. The molecule has 1 aliphatic rings. The van der Waals surface area contributed by atoms with Crippen LogP contribution in [-0.4, -0.2) is 24.6 Å². The lowest BCUT2D eigenvalue weighted by Crippen LogP contribution is -2.16. The van der Waals surface area contributed by atoms with Crippen LogP contribution in [0.1, 0.15) is 90.4 Å². The van der Waals surface area contributed by atoms with Crippen molar-refractivity contribution < 1.29 is 19.1 Å². The fraction of sp³-hybridized carbons (Fsp3) is 0.800. The van der Waals surface area contributed by atoms with E-state index in [1.54, 1.807) is 0 Å². The van der Waals surface area contributed by atoms with Crippen LogP contribution in [0.5, 0.6) is 0 Å². The molecule has 138 valence electrons. The fourth-order valence-electron chi connectivity index (χ4n) is 2.98.